The molecule has 0 fully saturated rings. The van der Waals surface area contributed by atoms with Crippen molar-refractivity contribution in [2.75, 3.05) is 5.33 Å². The Labute approximate surface area is 130 Å². The molecule has 1 aromatic carbocycles. The van der Waals surface area contributed by atoms with Gasteiger partial charge in [0.15, 0.2) is 0 Å². The zero-order valence-corrected chi connectivity index (χ0v) is 14.3. The molecule has 0 radical (unpaired) electrons. The molecule has 1 heterocycles. The average Bonchev–Trinajstić information content (AvgIpc) is 2.85. The number of alkyl halides is 1. The van der Waals surface area contributed by atoms with Crippen molar-refractivity contribution in [2.24, 2.45) is 0 Å². The SMILES string of the molecule is CCc1ccc(CC(CBr)c2ccccc2Br)s1. The van der Waals surface area contributed by atoms with E-state index in [4.69, 9.17) is 0 Å². The number of aryl methyl sites for hydroxylation is 1. The van der Waals surface area contributed by atoms with E-state index in [2.05, 4.69) is 75.2 Å². The number of halogens is 2. The Morgan fingerprint density at radius 2 is 1.83 bits per heavy atom. The molecule has 0 N–H and O–H groups in total. The van der Waals surface area contributed by atoms with Crippen LogP contribution in [0.2, 0.25) is 0 Å². The van der Waals surface area contributed by atoms with Gasteiger partial charge in [0.05, 0.1) is 0 Å². The first-order valence-corrected chi connectivity index (χ1v) is 8.85. The van der Waals surface area contributed by atoms with Crippen molar-refractivity contribution in [2.45, 2.75) is 25.7 Å². The number of hydrogen-bond acceptors (Lipinski definition) is 1. The van der Waals surface area contributed by atoms with E-state index in [-0.39, 0.29) is 0 Å². The maximum Gasteiger partial charge on any atom is 0.0210 e. The molecule has 0 amide bonds. The normalized spacial score (nSPS) is 12.6. The molecule has 1 unspecified atom stereocenters. The van der Waals surface area contributed by atoms with Gasteiger partial charge in [-0.25, -0.2) is 0 Å². The van der Waals surface area contributed by atoms with Crippen molar-refractivity contribution < 1.29 is 0 Å². The summed E-state index contributed by atoms with van der Waals surface area (Å²) in [4.78, 5) is 2.96. The predicted octanol–water partition coefficient (Wildman–Crippen LogP) is 5.79. The first-order valence-electron chi connectivity index (χ1n) is 6.12. The zero-order chi connectivity index (χ0) is 13.0. The highest BCUT2D eigenvalue weighted by Gasteiger charge is 2.14. The minimum atomic E-state index is 0.531. The Morgan fingerprint density at radius 1 is 1.11 bits per heavy atom. The summed E-state index contributed by atoms with van der Waals surface area (Å²) in [5.74, 6) is 0.531. The Bertz CT molecular complexity index is 505. The molecule has 0 spiro atoms. The lowest BCUT2D eigenvalue weighted by Crippen LogP contribution is -2.04. The fraction of sp³-hybridized carbons (Fsp3) is 0.333. The van der Waals surface area contributed by atoms with Gasteiger partial charge in [0.2, 0.25) is 0 Å². The molecule has 0 saturated heterocycles. The lowest BCUT2D eigenvalue weighted by atomic mass is 9.97. The second-order valence-corrected chi connectivity index (χ2v) is 7.05. The topological polar surface area (TPSA) is 0 Å². The number of hydrogen-bond donors (Lipinski definition) is 0. The van der Waals surface area contributed by atoms with E-state index in [1.54, 1.807) is 0 Å². The van der Waals surface area contributed by atoms with Gasteiger partial charge in [0.25, 0.3) is 0 Å². The van der Waals surface area contributed by atoms with E-state index >= 15 is 0 Å². The molecule has 0 aliphatic rings. The van der Waals surface area contributed by atoms with Gasteiger partial charge in [-0.2, -0.15) is 0 Å². The highest BCUT2D eigenvalue weighted by molar-refractivity contribution is 9.10. The fourth-order valence-electron chi connectivity index (χ4n) is 2.02. The Kier molecular flexibility index (Phi) is 5.46. The van der Waals surface area contributed by atoms with Crippen molar-refractivity contribution in [1.82, 2.24) is 0 Å². The highest BCUT2D eigenvalue weighted by Crippen LogP contribution is 2.31. The second-order valence-electron chi connectivity index (χ2n) is 4.30. The van der Waals surface area contributed by atoms with E-state index in [0.717, 1.165) is 18.2 Å². The third-order valence-corrected chi connectivity index (χ3v) is 5.80. The van der Waals surface area contributed by atoms with Gasteiger partial charge >= 0.3 is 0 Å². The van der Waals surface area contributed by atoms with E-state index in [1.807, 2.05) is 11.3 Å². The van der Waals surface area contributed by atoms with Gasteiger partial charge in [0.1, 0.15) is 0 Å². The second kappa shape index (κ2) is 6.88. The maximum atomic E-state index is 3.65. The number of benzene rings is 1. The molecule has 96 valence electrons. The first-order chi connectivity index (χ1) is 8.74. The summed E-state index contributed by atoms with van der Waals surface area (Å²) >= 11 is 9.25. The fourth-order valence-corrected chi connectivity index (χ4v) is 4.24. The van der Waals surface area contributed by atoms with Gasteiger partial charge in [-0.1, -0.05) is 57.0 Å². The monoisotopic (exact) mass is 386 g/mol. The summed E-state index contributed by atoms with van der Waals surface area (Å²) in [6, 6.07) is 13.0. The number of thiophene rings is 1. The standard InChI is InChI=1S/C15H16Br2S/c1-2-12-7-8-13(18-12)9-11(10-16)14-5-3-4-6-15(14)17/h3-8,11H,2,9-10H2,1H3. The van der Waals surface area contributed by atoms with Gasteiger partial charge in [-0.3, -0.25) is 0 Å². The Balaban J connectivity index is 2.17. The molecule has 3 heteroatoms. The number of rotatable bonds is 5. The molecule has 0 saturated carbocycles. The smallest absolute Gasteiger partial charge is 0.0210 e. The zero-order valence-electron chi connectivity index (χ0n) is 10.3. The Hall–Kier alpha value is -0.120. The maximum absolute atomic E-state index is 3.65. The molecule has 0 nitrogen and oxygen atoms in total. The van der Waals surface area contributed by atoms with E-state index in [1.165, 1.54) is 19.8 Å². The summed E-state index contributed by atoms with van der Waals surface area (Å²) in [5.41, 5.74) is 1.39. The van der Waals surface area contributed by atoms with Crippen molar-refractivity contribution in [3.05, 3.63) is 56.2 Å². The highest BCUT2D eigenvalue weighted by atomic mass is 79.9. The summed E-state index contributed by atoms with van der Waals surface area (Å²) in [7, 11) is 0. The molecule has 0 aliphatic carbocycles. The molecule has 0 bridgehead atoms. The molecule has 18 heavy (non-hydrogen) atoms. The van der Waals surface area contributed by atoms with Crippen LogP contribution in [0.15, 0.2) is 40.9 Å². The van der Waals surface area contributed by atoms with Gasteiger partial charge in [-0.15, -0.1) is 11.3 Å². The van der Waals surface area contributed by atoms with Crippen LogP contribution in [0.25, 0.3) is 0 Å². The van der Waals surface area contributed by atoms with Crippen molar-refractivity contribution in [3.63, 3.8) is 0 Å². The predicted molar refractivity (Wildman–Crippen MR) is 88.1 cm³/mol. The van der Waals surface area contributed by atoms with Crippen LogP contribution in [0.5, 0.6) is 0 Å². The molecule has 2 rings (SSSR count). The van der Waals surface area contributed by atoms with Crippen molar-refractivity contribution in [1.29, 1.82) is 0 Å². The molecule has 2 aromatic rings. The Morgan fingerprint density at radius 3 is 2.44 bits per heavy atom. The van der Waals surface area contributed by atoms with Crippen LogP contribution in [-0.4, -0.2) is 5.33 Å². The van der Waals surface area contributed by atoms with Crippen LogP contribution < -0.4 is 0 Å². The molecule has 0 aliphatic heterocycles. The van der Waals surface area contributed by atoms with Gasteiger partial charge in [-0.05, 0) is 42.5 Å². The van der Waals surface area contributed by atoms with Crippen LogP contribution in [0.4, 0.5) is 0 Å². The summed E-state index contributed by atoms with van der Waals surface area (Å²) in [6.45, 7) is 2.21. The molecule has 1 aromatic heterocycles. The van der Waals surface area contributed by atoms with E-state index in [9.17, 15) is 0 Å². The average molecular weight is 388 g/mol. The van der Waals surface area contributed by atoms with Crippen LogP contribution in [0.3, 0.4) is 0 Å². The first kappa shape index (κ1) is 14.3. The van der Waals surface area contributed by atoms with Crippen molar-refractivity contribution in [3.8, 4) is 0 Å². The third-order valence-electron chi connectivity index (χ3n) is 3.04. The van der Waals surface area contributed by atoms with E-state index in [0.29, 0.717) is 5.92 Å². The van der Waals surface area contributed by atoms with E-state index < -0.39 is 0 Å². The van der Waals surface area contributed by atoms with Crippen LogP contribution >= 0.6 is 43.2 Å². The van der Waals surface area contributed by atoms with Gasteiger partial charge < -0.3 is 0 Å². The largest absolute Gasteiger partial charge is 0.145 e. The quantitative estimate of drug-likeness (QED) is 0.569. The van der Waals surface area contributed by atoms with Crippen LogP contribution in [-0.2, 0) is 12.8 Å². The van der Waals surface area contributed by atoms with Crippen molar-refractivity contribution >= 4 is 43.2 Å². The summed E-state index contributed by atoms with van der Waals surface area (Å²) in [6.07, 6.45) is 2.25. The van der Waals surface area contributed by atoms with Crippen LogP contribution in [0.1, 0.15) is 28.2 Å². The molecular formula is C15H16Br2S. The summed E-state index contributed by atoms with van der Waals surface area (Å²) in [5, 5.41) is 0.995. The molecule has 1 atom stereocenters. The van der Waals surface area contributed by atoms with Crippen LogP contribution in [0, 0.1) is 0 Å². The third kappa shape index (κ3) is 3.46. The minimum Gasteiger partial charge on any atom is -0.145 e. The summed E-state index contributed by atoms with van der Waals surface area (Å²) < 4.78 is 1.21. The van der Waals surface area contributed by atoms with Gasteiger partial charge in [0, 0.05) is 19.6 Å². The minimum absolute atomic E-state index is 0.531. The molecular weight excluding hydrogens is 372 g/mol. The lowest BCUT2D eigenvalue weighted by molar-refractivity contribution is 0.781. The lowest BCUT2D eigenvalue weighted by Gasteiger charge is -2.15.